The SMILES string of the molecule is CCn1ccnc1CN1CC2CN(C3CCOCC3)CC2(C(=O)O)C1. The minimum absolute atomic E-state index is 0.206. The van der Waals surface area contributed by atoms with Gasteiger partial charge in [0.2, 0.25) is 0 Å². The van der Waals surface area contributed by atoms with E-state index in [0.717, 1.165) is 58.1 Å². The lowest BCUT2D eigenvalue weighted by atomic mass is 9.81. The molecule has 1 aromatic rings. The van der Waals surface area contributed by atoms with Gasteiger partial charge in [0, 0.05) is 70.3 Å². The van der Waals surface area contributed by atoms with Gasteiger partial charge in [-0.05, 0) is 19.8 Å². The number of imidazole rings is 1. The van der Waals surface area contributed by atoms with Gasteiger partial charge >= 0.3 is 5.97 Å². The second kappa shape index (κ2) is 6.70. The molecule has 25 heavy (non-hydrogen) atoms. The number of aromatic nitrogens is 2. The summed E-state index contributed by atoms with van der Waals surface area (Å²) in [6.45, 7) is 8.40. The van der Waals surface area contributed by atoms with Crippen molar-refractivity contribution < 1.29 is 14.6 Å². The summed E-state index contributed by atoms with van der Waals surface area (Å²) >= 11 is 0. The molecule has 3 aliphatic heterocycles. The second-order valence-corrected chi connectivity index (χ2v) is 7.73. The van der Waals surface area contributed by atoms with Crippen LogP contribution in [0.2, 0.25) is 0 Å². The predicted octanol–water partition coefficient (Wildman–Crippen LogP) is 0.900. The van der Waals surface area contributed by atoms with E-state index in [1.54, 1.807) is 0 Å². The van der Waals surface area contributed by atoms with E-state index in [4.69, 9.17) is 4.74 Å². The number of ether oxygens (including phenoxy) is 1. The Labute approximate surface area is 148 Å². The molecule has 0 aliphatic carbocycles. The summed E-state index contributed by atoms with van der Waals surface area (Å²) in [5.41, 5.74) is -0.623. The molecule has 3 fully saturated rings. The van der Waals surface area contributed by atoms with Gasteiger partial charge in [-0.3, -0.25) is 14.6 Å². The Kier molecular flexibility index (Phi) is 4.56. The number of nitrogens with zero attached hydrogens (tertiary/aromatic N) is 4. The molecule has 0 aromatic carbocycles. The van der Waals surface area contributed by atoms with Crippen LogP contribution < -0.4 is 0 Å². The Morgan fingerprint density at radius 2 is 2.16 bits per heavy atom. The summed E-state index contributed by atoms with van der Waals surface area (Å²) in [6.07, 6.45) is 5.88. The van der Waals surface area contributed by atoms with E-state index in [2.05, 4.69) is 26.3 Å². The number of aliphatic carboxylic acids is 1. The zero-order valence-corrected chi connectivity index (χ0v) is 14.9. The molecular weight excluding hydrogens is 320 g/mol. The summed E-state index contributed by atoms with van der Waals surface area (Å²) in [4.78, 5) is 21.4. The number of carbonyl (C=O) groups is 1. The molecular formula is C18H28N4O3. The van der Waals surface area contributed by atoms with Crippen LogP contribution in [0.3, 0.4) is 0 Å². The number of carboxylic acid groups (broad SMARTS) is 1. The van der Waals surface area contributed by atoms with Crippen LogP contribution in [0.5, 0.6) is 0 Å². The Morgan fingerprint density at radius 3 is 2.84 bits per heavy atom. The first-order valence-corrected chi connectivity index (χ1v) is 9.40. The molecule has 138 valence electrons. The average molecular weight is 348 g/mol. The van der Waals surface area contributed by atoms with E-state index in [-0.39, 0.29) is 5.92 Å². The molecule has 3 aliphatic rings. The van der Waals surface area contributed by atoms with Crippen LogP contribution in [-0.2, 0) is 22.6 Å². The Morgan fingerprint density at radius 1 is 1.36 bits per heavy atom. The van der Waals surface area contributed by atoms with Gasteiger partial charge in [-0.25, -0.2) is 4.98 Å². The highest BCUT2D eigenvalue weighted by atomic mass is 16.5. The molecule has 4 rings (SSSR count). The van der Waals surface area contributed by atoms with E-state index in [9.17, 15) is 9.90 Å². The number of hydrogen-bond donors (Lipinski definition) is 1. The van der Waals surface area contributed by atoms with E-state index in [1.165, 1.54) is 0 Å². The van der Waals surface area contributed by atoms with Crippen LogP contribution in [0.15, 0.2) is 12.4 Å². The van der Waals surface area contributed by atoms with Crippen molar-refractivity contribution in [2.75, 3.05) is 39.4 Å². The molecule has 3 saturated heterocycles. The van der Waals surface area contributed by atoms with E-state index < -0.39 is 11.4 Å². The van der Waals surface area contributed by atoms with E-state index >= 15 is 0 Å². The maximum Gasteiger partial charge on any atom is 0.312 e. The van der Waals surface area contributed by atoms with Crippen LogP contribution in [0.25, 0.3) is 0 Å². The molecule has 7 nitrogen and oxygen atoms in total. The maximum absolute atomic E-state index is 12.2. The molecule has 1 aromatic heterocycles. The summed E-state index contributed by atoms with van der Waals surface area (Å²) in [5.74, 6) is 0.607. The lowest BCUT2D eigenvalue weighted by molar-refractivity contribution is -0.149. The van der Waals surface area contributed by atoms with Crippen molar-refractivity contribution >= 4 is 5.97 Å². The van der Waals surface area contributed by atoms with Crippen molar-refractivity contribution in [2.45, 2.75) is 38.9 Å². The van der Waals surface area contributed by atoms with E-state index in [0.29, 0.717) is 19.1 Å². The summed E-state index contributed by atoms with van der Waals surface area (Å²) < 4.78 is 7.60. The van der Waals surface area contributed by atoms with Crippen LogP contribution in [0.1, 0.15) is 25.6 Å². The second-order valence-electron chi connectivity index (χ2n) is 7.73. The fourth-order valence-corrected chi connectivity index (χ4v) is 4.94. The third kappa shape index (κ3) is 2.98. The Hall–Kier alpha value is -1.44. The Balaban J connectivity index is 1.46. The quantitative estimate of drug-likeness (QED) is 0.853. The molecule has 0 spiro atoms. The van der Waals surface area contributed by atoms with Gasteiger partial charge in [-0.15, -0.1) is 0 Å². The highest BCUT2D eigenvalue weighted by Crippen LogP contribution is 2.44. The monoisotopic (exact) mass is 348 g/mol. The normalized spacial score (nSPS) is 31.5. The minimum Gasteiger partial charge on any atom is -0.481 e. The molecule has 4 heterocycles. The van der Waals surface area contributed by atoms with Crippen molar-refractivity contribution in [1.29, 1.82) is 0 Å². The third-order valence-electron chi connectivity index (χ3n) is 6.35. The summed E-state index contributed by atoms with van der Waals surface area (Å²) in [7, 11) is 0. The number of rotatable bonds is 5. The van der Waals surface area contributed by atoms with Crippen molar-refractivity contribution in [3.63, 3.8) is 0 Å². The van der Waals surface area contributed by atoms with Gasteiger partial charge in [-0.1, -0.05) is 0 Å². The van der Waals surface area contributed by atoms with Gasteiger partial charge in [0.25, 0.3) is 0 Å². The highest BCUT2D eigenvalue weighted by molar-refractivity contribution is 5.77. The van der Waals surface area contributed by atoms with Gasteiger partial charge in [-0.2, -0.15) is 0 Å². The lowest BCUT2D eigenvalue weighted by Gasteiger charge is -2.33. The fraction of sp³-hybridized carbons (Fsp3) is 0.778. The molecule has 7 heteroatoms. The van der Waals surface area contributed by atoms with Crippen molar-refractivity contribution in [3.8, 4) is 0 Å². The molecule has 1 N–H and O–H groups in total. The van der Waals surface area contributed by atoms with Gasteiger partial charge in [0.05, 0.1) is 12.0 Å². The van der Waals surface area contributed by atoms with Crippen LogP contribution in [0, 0.1) is 11.3 Å². The van der Waals surface area contributed by atoms with Crippen LogP contribution >= 0.6 is 0 Å². The number of carboxylic acids is 1. The maximum atomic E-state index is 12.2. The zero-order valence-electron chi connectivity index (χ0n) is 14.9. The topological polar surface area (TPSA) is 70.8 Å². The molecule has 2 atom stereocenters. The number of fused-ring (bicyclic) bond motifs is 1. The largest absolute Gasteiger partial charge is 0.481 e. The first-order chi connectivity index (χ1) is 12.1. The summed E-state index contributed by atoms with van der Waals surface area (Å²) in [5, 5.41) is 10.0. The first kappa shape index (κ1) is 17.0. The standard InChI is InChI=1S/C18H28N4O3/c1-2-21-6-5-19-16(21)11-20-9-14-10-22(15-3-7-25-8-4-15)13-18(14,12-20)17(23)24/h5-6,14-15H,2-4,7-13H2,1H3,(H,23,24). The Bertz CT molecular complexity index is 628. The van der Waals surface area contributed by atoms with Crippen molar-refractivity contribution in [1.82, 2.24) is 19.4 Å². The zero-order chi connectivity index (χ0) is 17.4. The molecule has 0 saturated carbocycles. The molecule has 0 bridgehead atoms. The third-order valence-corrected chi connectivity index (χ3v) is 6.35. The highest BCUT2D eigenvalue weighted by Gasteiger charge is 2.58. The van der Waals surface area contributed by atoms with E-state index in [1.807, 2.05) is 12.4 Å². The fourth-order valence-electron chi connectivity index (χ4n) is 4.94. The van der Waals surface area contributed by atoms with Crippen molar-refractivity contribution in [2.24, 2.45) is 11.3 Å². The first-order valence-electron chi connectivity index (χ1n) is 9.40. The molecule has 2 unspecified atom stereocenters. The van der Waals surface area contributed by atoms with Gasteiger partial charge in [0.1, 0.15) is 5.82 Å². The lowest BCUT2D eigenvalue weighted by Crippen LogP contribution is -2.44. The number of likely N-dealkylation sites (tertiary alicyclic amines) is 2. The predicted molar refractivity (Wildman–Crippen MR) is 92.2 cm³/mol. The van der Waals surface area contributed by atoms with Gasteiger partial charge in [0.15, 0.2) is 0 Å². The molecule has 0 radical (unpaired) electrons. The number of hydrogen-bond acceptors (Lipinski definition) is 5. The molecule has 0 amide bonds. The van der Waals surface area contributed by atoms with Crippen LogP contribution in [-0.4, -0.2) is 75.9 Å². The van der Waals surface area contributed by atoms with Crippen LogP contribution in [0.4, 0.5) is 0 Å². The minimum atomic E-state index is -0.631. The number of aryl methyl sites for hydroxylation is 1. The van der Waals surface area contributed by atoms with Gasteiger partial charge < -0.3 is 14.4 Å². The summed E-state index contributed by atoms with van der Waals surface area (Å²) in [6, 6.07) is 0.489. The average Bonchev–Trinajstić information content (AvgIpc) is 3.28. The smallest absolute Gasteiger partial charge is 0.312 e. The van der Waals surface area contributed by atoms with Crippen molar-refractivity contribution in [3.05, 3.63) is 18.2 Å².